The highest BCUT2D eigenvalue weighted by molar-refractivity contribution is 7.92. The normalized spacial score (nSPS) is 11.6. The Hall–Kier alpha value is -3.39. The second-order valence-corrected chi connectivity index (χ2v) is 10.2. The highest BCUT2D eigenvalue weighted by Crippen LogP contribution is 2.31. The van der Waals surface area contributed by atoms with Crippen molar-refractivity contribution in [2.45, 2.75) is 11.3 Å². The summed E-state index contributed by atoms with van der Waals surface area (Å²) in [5, 5.41) is 6.25. The molecule has 0 unspecified atom stereocenters. The molecule has 34 heavy (non-hydrogen) atoms. The van der Waals surface area contributed by atoms with Crippen LogP contribution in [0.5, 0.6) is 0 Å². The van der Waals surface area contributed by atoms with E-state index in [1.54, 1.807) is 12.1 Å². The molecule has 1 aromatic heterocycles. The first-order chi connectivity index (χ1) is 16.4. The molecule has 0 bridgehead atoms. The van der Waals surface area contributed by atoms with E-state index in [4.69, 9.17) is 27.7 Å². The molecule has 0 aliphatic carbocycles. The smallest absolute Gasteiger partial charge is 0.261 e. The van der Waals surface area contributed by atoms with Gasteiger partial charge in [-0.15, -0.1) is 0 Å². The van der Waals surface area contributed by atoms with Crippen LogP contribution in [0.3, 0.4) is 0 Å². The lowest BCUT2D eigenvalue weighted by Gasteiger charge is -2.10. The van der Waals surface area contributed by atoms with Gasteiger partial charge in [-0.1, -0.05) is 76.9 Å². The predicted octanol–water partition coefficient (Wildman–Crippen LogP) is 6.59. The zero-order valence-electron chi connectivity index (χ0n) is 17.6. The molecule has 0 amide bonds. The number of fused-ring (bicyclic) bond motifs is 1. The van der Waals surface area contributed by atoms with Crippen LogP contribution in [0.25, 0.3) is 22.2 Å². The van der Waals surface area contributed by atoms with E-state index < -0.39 is 10.0 Å². The fourth-order valence-electron chi connectivity index (χ4n) is 3.65. The Labute approximate surface area is 206 Å². The van der Waals surface area contributed by atoms with Crippen molar-refractivity contribution < 1.29 is 12.9 Å². The van der Waals surface area contributed by atoms with Crippen molar-refractivity contribution in [3.63, 3.8) is 0 Å². The summed E-state index contributed by atoms with van der Waals surface area (Å²) < 4.78 is 33.7. The number of hydrogen-bond acceptors (Lipinski definition) is 5. The number of hydrogen-bond donors (Lipinski definition) is 1. The van der Waals surface area contributed by atoms with Crippen LogP contribution >= 0.6 is 23.2 Å². The summed E-state index contributed by atoms with van der Waals surface area (Å²) in [6.07, 6.45) is 0.564. The fourth-order valence-corrected chi connectivity index (χ4v) is 5.42. The lowest BCUT2D eigenvalue weighted by Crippen LogP contribution is -2.13. The van der Waals surface area contributed by atoms with Crippen LogP contribution in [0.15, 0.2) is 94.3 Å². The molecule has 5 rings (SSSR count). The van der Waals surface area contributed by atoms with E-state index in [2.05, 4.69) is 14.9 Å². The first-order valence-corrected chi connectivity index (χ1v) is 12.5. The van der Waals surface area contributed by atoms with Gasteiger partial charge in [0.2, 0.25) is 0 Å². The van der Waals surface area contributed by atoms with Crippen LogP contribution in [0.2, 0.25) is 10.0 Å². The third-order valence-corrected chi connectivity index (χ3v) is 6.98. The molecule has 0 aliphatic heterocycles. The van der Waals surface area contributed by atoms with Gasteiger partial charge < -0.3 is 4.52 Å². The highest BCUT2D eigenvalue weighted by Gasteiger charge is 2.17. The summed E-state index contributed by atoms with van der Waals surface area (Å²) in [7, 11) is -3.88. The van der Waals surface area contributed by atoms with Crippen LogP contribution in [-0.2, 0) is 16.4 Å². The summed E-state index contributed by atoms with van der Waals surface area (Å²) in [4.78, 5) is 4.53. The van der Waals surface area contributed by atoms with Crippen LogP contribution in [0.4, 0.5) is 5.69 Å². The molecule has 0 saturated carbocycles. The molecule has 0 fully saturated rings. The second kappa shape index (κ2) is 9.10. The monoisotopic (exact) mass is 509 g/mol. The molecule has 0 spiro atoms. The molecule has 0 saturated heterocycles. The van der Waals surface area contributed by atoms with E-state index in [1.807, 2.05) is 54.6 Å². The molecule has 170 valence electrons. The number of halogens is 2. The first kappa shape index (κ1) is 22.4. The SMILES string of the molecule is O=S(=O)(Nc1ccc2c(-c3nc(Cc4ccccc4)no3)cccc2c1)c1cc(Cl)cc(Cl)c1. The van der Waals surface area contributed by atoms with Gasteiger partial charge in [-0.25, -0.2) is 8.42 Å². The molecule has 4 aromatic carbocycles. The van der Waals surface area contributed by atoms with Gasteiger partial charge in [0, 0.05) is 27.7 Å². The maximum Gasteiger partial charge on any atom is 0.261 e. The van der Waals surface area contributed by atoms with Crippen LogP contribution in [0, 0.1) is 0 Å². The third-order valence-electron chi connectivity index (χ3n) is 5.18. The van der Waals surface area contributed by atoms with Crippen molar-refractivity contribution in [1.29, 1.82) is 0 Å². The number of rotatable bonds is 6. The first-order valence-electron chi connectivity index (χ1n) is 10.3. The summed E-state index contributed by atoms with van der Waals surface area (Å²) in [5.74, 6) is 0.987. The van der Waals surface area contributed by atoms with E-state index in [0.29, 0.717) is 23.8 Å². The summed E-state index contributed by atoms with van der Waals surface area (Å²) in [6, 6.07) is 24.9. The number of nitrogens with zero attached hydrogens (tertiary/aromatic N) is 2. The molecule has 9 heteroatoms. The van der Waals surface area contributed by atoms with E-state index >= 15 is 0 Å². The van der Waals surface area contributed by atoms with E-state index in [0.717, 1.165) is 21.9 Å². The van der Waals surface area contributed by atoms with Gasteiger partial charge in [-0.05, 0) is 52.7 Å². The maximum absolute atomic E-state index is 12.8. The van der Waals surface area contributed by atoms with Crippen LogP contribution < -0.4 is 4.72 Å². The standard InChI is InChI=1S/C25H17Cl2N3O3S/c26-18-13-19(27)15-21(14-18)34(31,32)30-20-9-10-22-17(12-20)7-4-8-23(22)25-28-24(29-33-25)11-16-5-2-1-3-6-16/h1-10,12-15,30H,11H2. The Kier molecular flexibility index (Phi) is 6.00. The molecule has 0 atom stereocenters. The van der Waals surface area contributed by atoms with Crippen molar-refractivity contribution in [3.8, 4) is 11.5 Å². The van der Waals surface area contributed by atoms with Gasteiger partial charge in [-0.3, -0.25) is 4.72 Å². The Bertz CT molecular complexity index is 1580. The molecule has 1 heterocycles. The molecule has 1 N–H and O–H groups in total. The lowest BCUT2D eigenvalue weighted by atomic mass is 10.0. The number of aromatic nitrogens is 2. The number of nitrogens with one attached hydrogen (secondary N) is 1. The average Bonchev–Trinajstić information content (AvgIpc) is 3.26. The minimum absolute atomic E-state index is 0.0179. The molecule has 6 nitrogen and oxygen atoms in total. The van der Waals surface area contributed by atoms with E-state index in [1.165, 1.54) is 18.2 Å². The van der Waals surface area contributed by atoms with Crippen molar-refractivity contribution in [3.05, 3.63) is 106 Å². The van der Waals surface area contributed by atoms with Crippen molar-refractivity contribution in [2.24, 2.45) is 0 Å². The van der Waals surface area contributed by atoms with Gasteiger partial charge in [-0.2, -0.15) is 4.98 Å². The van der Waals surface area contributed by atoms with Gasteiger partial charge in [0.05, 0.1) is 4.90 Å². The maximum atomic E-state index is 12.8. The Balaban J connectivity index is 1.44. The largest absolute Gasteiger partial charge is 0.334 e. The summed E-state index contributed by atoms with van der Waals surface area (Å²) in [6.45, 7) is 0. The Morgan fingerprint density at radius 2 is 1.62 bits per heavy atom. The van der Waals surface area contributed by atoms with E-state index in [-0.39, 0.29) is 14.9 Å². The van der Waals surface area contributed by atoms with E-state index in [9.17, 15) is 8.42 Å². The molecular formula is C25H17Cl2N3O3S. The van der Waals surface area contributed by atoms with Crippen LogP contribution in [-0.4, -0.2) is 18.6 Å². The van der Waals surface area contributed by atoms with Gasteiger partial charge in [0.25, 0.3) is 15.9 Å². The van der Waals surface area contributed by atoms with Crippen molar-refractivity contribution in [1.82, 2.24) is 10.1 Å². The number of benzene rings is 4. The number of sulfonamides is 1. The van der Waals surface area contributed by atoms with Crippen LogP contribution in [0.1, 0.15) is 11.4 Å². The number of anilines is 1. The third kappa shape index (κ3) is 4.77. The van der Waals surface area contributed by atoms with Gasteiger partial charge >= 0.3 is 0 Å². The van der Waals surface area contributed by atoms with Crippen molar-refractivity contribution >= 4 is 49.7 Å². The minimum Gasteiger partial charge on any atom is -0.334 e. The molecule has 0 radical (unpaired) electrons. The highest BCUT2D eigenvalue weighted by atomic mass is 35.5. The minimum atomic E-state index is -3.88. The predicted molar refractivity (Wildman–Crippen MR) is 134 cm³/mol. The fraction of sp³-hybridized carbons (Fsp3) is 0.0400. The van der Waals surface area contributed by atoms with Crippen molar-refractivity contribution in [2.75, 3.05) is 4.72 Å². The molecular weight excluding hydrogens is 493 g/mol. The zero-order valence-corrected chi connectivity index (χ0v) is 19.9. The summed E-state index contributed by atoms with van der Waals surface area (Å²) in [5.41, 5.74) is 2.25. The zero-order chi connectivity index (χ0) is 23.7. The summed E-state index contributed by atoms with van der Waals surface area (Å²) >= 11 is 11.9. The Morgan fingerprint density at radius 3 is 2.38 bits per heavy atom. The van der Waals surface area contributed by atoms with Gasteiger partial charge in [0.1, 0.15) is 0 Å². The Morgan fingerprint density at radius 1 is 0.853 bits per heavy atom. The second-order valence-electron chi connectivity index (χ2n) is 7.63. The van der Waals surface area contributed by atoms with Gasteiger partial charge in [0.15, 0.2) is 5.82 Å². The topological polar surface area (TPSA) is 85.1 Å². The lowest BCUT2D eigenvalue weighted by molar-refractivity contribution is 0.424. The average molecular weight is 510 g/mol. The quantitative estimate of drug-likeness (QED) is 0.279. The molecule has 0 aliphatic rings. The molecule has 5 aromatic rings.